The normalized spacial score (nSPS) is 17.8. The lowest BCUT2D eigenvalue weighted by atomic mass is 10.2. The van der Waals surface area contributed by atoms with Gasteiger partial charge in [-0.1, -0.05) is 12.1 Å². The second-order valence-electron chi connectivity index (χ2n) is 7.63. The van der Waals surface area contributed by atoms with Crippen molar-refractivity contribution in [2.75, 3.05) is 46.6 Å². The molecule has 1 aromatic rings. The Kier molecular flexibility index (Phi) is 9.19. The quantitative estimate of drug-likeness (QED) is 0.346. The first kappa shape index (κ1) is 25.5. The molecule has 0 bridgehead atoms. The summed E-state index contributed by atoms with van der Waals surface area (Å²) in [6, 6.07) is 7.58. The van der Waals surface area contributed by atoms with Crippen LogP contribution >= 0.6 is 24.0 Å². The Hall–Kier alpha value is -1.56. The minimum absolute atomic E-state index is 0. The maximum absolute atomic E-state index is 12.3. The van der Waals surface area contributed by atoms with Crippen LogP contribution in [0.15, 0.2) is 29.3 Å². The smallest absolute Gasteiger partial charge is 0.241 e. The van der Waals surface area contributed by atoms with Gasteiger partial charge in [-0.05, 0) is 31.5 Å². The number of aliphatic imine (C=N–C) groups is 1. The lowest BCUT2D eigenvalue weighted by Crippen LogP contribution is -2.58. The molecule has 1 heterocycles. The number of guanidine groups is 1. The Bertz CT molecular complexity index is 823. The molecule has 0 saturated carbocycles. The molecule has 1 aromatic carbocycles. The Morgan fingerprint density at radius 2 is 1.90 bits per heavy atom. The zero-order valence-electron chi connectivity index (χ0n) is 17.6. The topological polar surface area (TPSA) is 91.3 Å². The number of carbonyl (C=O) groups is 1. The number of methoxy groups -OCH3 is 1. The highest BCUT2D eigenvalue weighted by atomic mass is 127. The van der Waals surface area contributed by atoms with E-state index in [4.69, 9.17) is 4.74 Å². The lowest BCUT2D eigenvalue weighted by Gasteiger charge is -2.39. The third-order valence-corrected chi connectivity index (χ3v) is 7.34. The highest BCUT2D eigenvalue weighted by molar-refractivity contribution is 14.0. The van der Waals surface area contributed by atoms with Gasteiger partial charge >= 0.3 is 0 Å². The maximum atomic E-state index is 12.3. The predicted molar refractivity (Wildman–Crippen MR) is 126 cm³/mol. The van der Waals surface area contributed by atoms with Crippen LogP contribution in [0, 0.1) is 0 Å². The van der Waals surface area contributed by atoms with Crippen molar-refractivity contribution < 1.29 is 17.9 Å². The summed E-state index contributed by atoms with van der Waals surface area (Å²) < 4.78 is 28.9. The van der Waals surface area contributed by atoms with Crippen LogP contribution in [0.5, 0.6) is 5.75 Å². The third kappa shape index (κ3) is 6.73. The summed E-state index contributed by atoms with van der Waals surface area (Å²) >= 11 is 0. The standard InChI is InChI=1S/C19H30N4O4S.HI/c1-19(2)14-23(10-11-28(19,25)26)18(21-13-17(24)22(3)4)20-12-15-6-8-16(27-5)9-7-15;/h6-9H,10-14H2,1-5H3,(H,20,21);1H. The Morgan fingerprint density at radius 3 is 2.41 bits per heavy atom. The van der Waals surface area contributed by atoms with Crippen molar-refractivity contribution in [2.24, 2.45) is 4.99 Å². The highest BCUT2D eigenvalue weighted by Crippen LogP contribution is 2.24. The van der Waals surface area contributed by atoms with Crippen molar-refractivity contribution in [2.45, 2.75) is 25.1 Å². The molecule has 1 N–H and O–H groups in total. The van der Waals surface area contributed by atoms with Crippen LogP contribution in [0.3, 0.4) is 0 Å². The van der Waals surface area contributed by atoms with Gasteiger partial charge in [0.05, 0.1) is 30.7 Å². The molecule has 0 aromatic heterocycles. The molecule has 0 atom stereocenters. The molecule has 1 amide bonds. The molecule has 1 saturated heterocycles. The average Bonchev–Trinajstić information content (AvgIpc) is 2.64. The molecule has 1 fully saturated rings. The van der Waals surface area contributed by atoms with Crippen molar-refractivity contribution >= 4 is 45.7 Å². The average molecular weight is 538 g/mol. The first-order valence-electron chi connectivity index (χ1n) is 9.14. The van der Waals surface area contributed by atoms with Gasteiger partial charge in [-0.3, -0.25) is 4.79 Å². The number of amides is 1. The number of benzene rings is 1. The zero-order chi connectivity index (χ0) is 20.9. The summed E-state index contributed by atoms with van der Waals surface area (Å²) in [7, 11) is 1.83. The van der Waals surface area contributed by atoms with Crippen LogP contribution in [-0.4, -0.2) is 81.4 Å². The Balaban J connectivity index is 0.00000420. The van der Waals surface area contributed by atoms with E-state index in [-0.39, 0.29) is 42.2 Å². The summed E-state index contributed by atoms with van der Waals surface area (Å²) in [5, 5.41) is 3.09. The number of hydrogen-bond donors (Lipinski definition) is 1. The number of ether oxygens (including phenoxy) is 1. The molecule has 0 spiro atoms. The van der Waals surface area contributed by atoms with Crippen LogP contribution in [0.4, 0.5) is 0 Å². The second kappa shape index (κ2) is 10.5. The van der Waals surface area contributed by atoms with Crippen molar-refractivity contribution in [3.8, 4) is 5.75 Å². The van der Waals surface area contributed by atoms with E-state index in [1.807, 2.05) is 29.2 Å². The van der Waals surface area contributed by atoms with Crippen molar-refractivity contribution in [3.05, 3.63) is 29.8 Å². The number of sulfone groups is 1. The number of nitrogens with one attached hydrogen (secondary N) is 1. The van der Waals surface area contributed by atoms with E-state index in [9.17, 15) is 13.2 Å². The van der Waals surface area contributed by atoms with Crippen molar-refractivity contribution in [3.63, 3.8) is 0 Å². The van der Waals surface area contributed by atoms with Crippen LogP contribution in [-0.2, 0) is 21.2 Å². The summed E-state index contributed by atoms with van der Waals surface area (Å²) in [5.74, 6) is 1.28. The fraction of sp³-hybridized carbons (Fsp3) is 0.579. The number of rotatable bonds is 5. The first-order valence-corrected chi connectivity index (χ1v) is 10.8. The summed E-state index contributed by atoms with van der Waals surface area (Å²) in [4.78, 5) is 20.0. The SMILES string of the molecule is COc1ccc(CN=C(NCC(=O)N(C)C)N2CCS(=O)(=O)C(C)(C)C2)cc1.I. The number of likely N-dealkylation sites (N-methyl/N-ethyl adjacent to an activating group) is 1. The minimum Gasteiger partial charge on any atom is -0.497 e. The van der Waals surface area contributed by atoms with Gasteiger partial charge in [0.2, 0.25) is 5.91 Å². The van der Waals surface area contributed by atoms with Gasteiger partial charge < -0.3 is 19.9 Å². The van der Waals surface area contributed by atoms with Gasteiger partial charge in [0.15, 0.2) is 15.8 Å². The van der Waals surface area contributed by atoms with E-state index in [1.165, 1.54) is 4.90 Å². The van der Waals surface area contributed by atoms with Gasteiger partial charge in [0, 0.05) is 27.2 Å². The largest absolute Gasteiger partial charge is 0.497 e. The summed E-state index contributed by atoms with van der Waals surface area (Å²) in [6.07, 6.45) is 0. The van der Waals surface area contributed by atoms with E-state index < -0.39 is 14.6 Å². The first-order chi connectivity index (χ1) is 13.1. The third-order valence-electron chi connectivity index (χ3n) is 4.81. The molecule has 0 unspecified atom stereocenters. The van der Waals surface area contributed by atoms with Crippen LogP contribution in [0.1, 0.15) is 19.4 Å². The monoisotopic (exact) mass is 538 g/mol. The fourth-order valence-electron chi connectivity index (χ4n) is 2.80. The van der Waals surface area contributed by atoms with Gasteiger partial charge in [-0.15, -0.1) is 24.0 Å². The van der Waals surface area contributed by atoms with Crippen LogP contribution in [0.2, 0.25) is 0 Å². The molecule has 10 heteroatoms. The van der Waals surface area contributed by atoms with Crippen LogP contribution in [0.25, 0.3) is 0 Å². The van der Waals surface area contributed by atoms with Gasteiger partial charge in [0.1, 0.15) is 5.75 Å². The molecule has 2 rings (SSSR count). The van der Waals surface area contributed by atoms with E-state index in [0.717, 1.165) is 11.3 Å². The number of nitrogens with zero attached hydrogens (tertiary/aromatic N) is 3. The van der Waals surface area contributed by atoms with Gasteiger partial charge in [-0.25, -0.2) is 13.4 Å². The summed E-state index contributed by atoms with van der Waals surface area (Å²) in [6.45, 7) is 4.61. The molecular weight excluding hydrogens is 507 g/mol. The molecule has 164 valence electrons. The van der Waals surface area contributed by atoms with Crippen molar-refractivity contribution in [1.82, 2.24) is 15.1 Å². The molecule has 29 heavy (non-hydrogen) atoms. The zero-order valence-corrected chi connectivity index (χ0v) is 20.8. The Labute approximate surface area is 190 Å². The predicted octanol–water partition coefficient (Wildman–Crippen LogP) is 1.36. The van der Waals surface area contributed by atoms with E-state index in [1.54, 1.807) is 35.1 Å². The number of hydrogen-bond acceptors (Lipinski definition) is 5. The molecule has 0 aliphatic carbocycles. The van der Waals surface area contributed by atoms with E-state index in [2.05, 4.69) is 10.3 Å². The van der Waals surface area contributed by atoms with E-state index in [0.29, 0.717) is 25.6 Å². The summed E-state index contributed by atoms with van der Waals surface area (Å²) in [5.41, 5.74) is 0.989. The molecule has 8 nitrogen and oxygen atoms in total. The fourth-order valence-corrected chi connectivity index (χ4v) is 4.17. The number of carbonyl (C=O) groups excluding carboxylic acids is 1. The molecular formula is C19H31IN4O4S. The molecule has 1 aliphatic rings. The minimum atomic E-state index is -3.16. The number of halogens is 1. The lowest BCUT2D eigenvalue weighted by molar-refractivity contribution is -0.127. The highest BCUT2D eigenvalue weighted by Gasteiger charge is 2.41. The second-order valence-corrected chi connectivity index (χ2v) is 10.4. The van der Waals surface area contributed by atoms with Gasteiger partial charge in [-0.2, -0.15) is 0 Å². The molecule has 1 aliphatic heterocycles. The maximum Gasteiger partial charge on any atom is 0.241 e. The van der Waals surface area contributed by atoms with Crippen LogP contribution < -0.4 is 10.1 Å². The van der Waals surface area contributed by atoms with E-state index >= 15 is 0 Å². The Morgan fingerprint density at radius 1 is 1.28 bits per heavy atom. The van der Waals surface area contributed by atoms with Crippen molar-refractivity contribution in [1.29, 1.82) is 0 Å². The van der Waals surface area contributed by atoms with Gasteiger partial charge in [0.25, 0.3) is 0 Å². The molecule has 0 radical (unpaired) electrons.